The van der Waals surface area contributed by atoms with Gasteiger partial charge in [0, 0.05) is 0 Å². The highest BCUT2D eigenvalue weighted by molar-refractivity contribution is 5.05. The fraction of sp³-hybridized carbons (Fsp3) is 1.00. The van der Waals surface area contributed by atoms with Crippen LogP contribution in [0.1, 0.15) is 33.1 Å². The zero-order chi connectivity index (χ0) is 8.01. The van der Waals surface area contributed by atoms with Crippen molar-refractivity contribution in [3.05, 3.63) is 0 Å². The van der Waals surface area contributed by atoms with Crippen LogP contribution in [0.4, 0.5) is 0 Å². The first kappa shape index (κ1) is 7.60. The molecule has 0 aromatic heterocycles. The predicted octanol–water partition coefficient (Wildman–Crippen LogP) is 2.05. The second kappa shape index (κ2) is 2.48. The van der Waals surface area contributed by atoms with Crippen molar-refractivity contribution in [1.82, 2.24) is 0 Å². The summed E-state index contributed by atoms with van der Waals surface area (Å²) in [7, 11) is 0. The lowest BCUT2D eigenvalue weighted by molar-refractivity contribution is 0.147. The molecule has 0 aromatic rings. The average Bonchev–Trinajstić information content (AvgIpc) is 2.41. The Morgan fingerprint density at radius 3 is 2.55 bits per heavy atom. The van der Waals surface area contributed by atoms with Crippen LogP contribution in [-0.4, -0.2) is 11.2 Å². The summed E-state index contributed by atoms with van der Waals surface area (Å²) in [5, 5.41) is 9.52. The van der Waals surface area contributed by atoms with Crippen molar-refractivity contribution in [3.63, 3.8) is 0 Å². The minimum Gasteiger partial charge on any atom is -0.393 e. The van der Waals surface area contributed by atoms with Crippen LogP contribution < -0.4 is 0 Å². The molecule has 4 unspecified atom stereocenters. The van der Waals surface area contributed by atoms with E-state index in [4.69, 9.17) is 0 Å². The highest BCUT2D eigenvalue weighted by Crippen LogP contribution is 2.59. The molecule has 0 heterocycles. The van der Waals surface area contributed by atoms with Crippen molar-refractivity contribution in [2.45, 2.75) is 39.2 Å². The number of aliphatic hydroxyl groups excluding tert-OH is 1. The Labute approximate surface area is 68.8 Å². The molecule has 0 saturated heterocycles. The van der Waals surface area contributed by atoms with E-state index in [1.54, 1.807) is 0 Å². The van der Waals surface area contributed by atoms with Gasteiger partial charge in [0.15, 0.2) is 0 Å². The average molecular weight is 154 g/mol. The molecule has 0 aromatic carbocycles. The Morgan fingerprint density at radius 2 is 2.09 bits per heavy atom. The van der Waals surface area contributed by atoms with E-state index in [1.165, 1.54) is 12.8 Å². The van der Waals surface area contributed by atoms with E-state index in [0.717, 1.165) is 24.2 Å². The number of hydrogen-bond acceptors (Lipinski definition) is 1. The fourth-order valence-corrected chi connectivity index (χ4v) is 2.88. The van der Waals surface area contributed by atoms with Gasteiger partial charge in [-0.1, -0.05) is 13.8 Å². The SMILES string of the molecule is CC(C)CC1C2CCC(O)C21. The molecule has 1 nitrogen and oxygen atoms in total. The van der Waals surface area contributed by atoms with Gasteiger partial charge in [-0.05, 0) is 42.9 Å². The topological polar surface area (TPSA) is 20.2 Å². The Balaban J connectivity index is 1.85. The maximum atomic E-state index is 9.52. The molecule has 2 fully saturated rings. The monoisotopic (exact) mass is 154 g/mol. The summed E-state index contributed by atoms with van der Waals surface area (Å²) in [5.74, 6) is 3.32. The molecular formula is C10H18O. The van der Waals surface area contributed by atoms with Gasteiger partial charge in [0.25, 0.3) is 0 Å². The van der Waals surface area contributed by atoms with Crippen molar-refractivity contribution in [2.75, 3.05) is 0 Å². The third-order valence-electron chi connectivity index (χ3n) is 3.38. The summed E-state index contributed by atoms with van der Waals surface area (Å²) >= 11 is 0. The first-order chi connectivity index (χ1) is 5.20. The fourth-order valence-electron chi connectivity index (χ4n) is 2.88. The highest BCUT2D eigenvalue weighted by atomic mass is 16.3. The highest BCUT2D eigenvalue weighted by Gasteiger charge is 2.56. The first-order valence-electron chi connectivity index (χ1n) is 4.88. The second-order valence-corrected chi connectivity index (χ2v) is 4.68. The molecular weight excluding hydrogens is 136 g/mol. The molecule has 1 heteroatoms. The number of fused-ring (bicyclic) bond motifs is 1. The van der Waals surface area contributed by atoms with Crippen LogP contribution >= 0.6 is 0 Å². The van der Waals surface area contributed by atoms with Crippen LogP contribution in [0.2, 0.25) is 0 Å². The second-order valence-electron chi connectivity index (χ2n) is 4.68. The molecule has 1 N–H and O–H groups in total. The van der Waals surface area contributed by atoms with Crippen LogP contribution in [0.5, 0.6) is 0 Å². The van der Waals surface area contributed by atoms with Crippen LogP contribution in [0.25, 0.3) is 0 Å². The van der Waals surface area contributed by atoms with Crippen molar-refractivity contribution in [2.24, 2.45) is 23.7 Å². The van der Waals surface area contributed by atoms with Crippen molar-refractivity contribution in [3.8, 4) is 0 Å². The maximum absolute atomic E-state index is 9.52. The van der Waals surface area contributed by atoms with E-state index in [9.17, 15) is 5.11 Å². The van der Waals surface area contributed by atoms with Gasteiger partial charge in [-0.15, -0.1) is 0 Å². The van der Waals surface area contributed by atoms with E-state index < -0.39 is 0 Å². The predicted molar refractivity (Wildman–Crippen MR) is 45.2 cm³/mol. The quantitative estimate of drug-likeness (QED) is 0.645. The smallest absolute Gasteiger partial charge is 0.0574 e. The van der Waals surface area contributed by atoms with Gasteiger partial charge in [0.1, 0.15) is 0 Å². The van der Waals surface area contributed by atoms with E-state index in [2.05, 4.69) is 13.8 Å². The Bertz CT molecular complexity index is 153. The van der Waals surface area contributed by atoms with E-state index >= 15 is 0 Å². The summed E-state index contributed by atoms with van der Waals surface area (Å²) < 4.78 is 0. The minimum atomic E-state index is 0.0590. The van der Waals surface area contributed by atoms with Gasteiger partial charge in [-0.25, -0.2) is 0 Å². The lowest BCUT2D eigenvalue weighted by Crippen LogP contribution is -2.08. The summed E-state index contributed by atoms with van der Waals surface area (Å²) in [5.41, 5.74) is 0. The lowest BCUT2D eigenvalue weighted by atomic mass is 10.0. The number of hydrogen-bond donors (Lipinski definition) is 1. The molecule has 2 aliphatic rings. The third-order valence-corrected chi connectivity index (χ3v) is 3.38. The Hall–Kier alpha value is -0.0400. The molecule has 0 aliphatic heterocycles. The summed E-state index contributed by atoms with van der Waals surface area (Å²) in [6, 6.07) is 0. The van der Waals surface area contributed by atoms with Gasteiger partial charge in [0.05, 0.1) is 6.10 Å². The summed E-state index contributed by atoms with van der Waals surface area (Å²) in [6.07, 6.45) is 3.77. The number of rotatable bonds is 2. The maximum Gasteiger partial charge on any atom is 0.0574 e. The molecule has 4 atom stereocenters. The molecule has 2 saturated carbocycles. The summed E-state index contributed by atoms with van der Waals surface area (Å²) in [4.78, 5) is 0. The van der Waals surface area contributed by atoms with Crippen LogP contribution in [0, 0.1) is 23.7 Å². The first-order valence-corrected chi connectivity index (χ1v) is 4.88. The van der Waals surface area contributed by atoms with Crippen molar-refractivity contribution in [1.29, 1.82) is 0 Å². The van der Waals surface area contributed by atoms with E-state index in [1.807, 2.05) is 0 Å². The van der Waals surface area contributed by atoms with Gasteiger partial charge in [-0.2, -0.15) is 0 Å². The van der Waals surface area contributed by atoms with E-state index in [-0.39, 0.29) is 6.10 Å². The summed E-state index contributed by atoms with van der Waals surface area (Å²) in [6.45, 7) is 4.56. The zero-order valence-corrected chi connectivity index (χ0v) is 7.46. The third kappa shape index (κ3) is 1.20. The Kier molecular flexibility index (Phi) is 1.71. The molecule has 0 radical (unpaired) electrons. The molecule has 0 spiro atoms. The molecule has 2 aliphatic carbocycles. The molecule has 64 valence electrons. The van der Waals surface area contributed by atoms with Gasteiger partial charge >= 0.3 is 0 Å². The van der Waals surface area contributed by atoms with Crippen LogP contribution in [-0.2, 0) is 0 Å². The molecule has 2 rings (SSSR count). The standard InChI is InChI=1S/C10H18O/c1-6(2)5-8-7-3-4-9(11)10(7)8/h6-11H,3-5H2,1-2H3. The van der Waals surface area contributed by atoms with E-state index in [0.29, 0.717) is 5.92 Å². The molecule has 0 bridgehead atoms. The lowest BCUT2D eigenvalue weighted by Gasteiger charge is -2.09. The van der Waals surface area contributed by atoms with Gasteiger partial charge < -0.3 is 5.11 Å². The van der Waals surface area contributed by atoms with Crippen LogP contribution in [0.15, 0.2) is 0 Å². The molecule has 0 amide bonds. The van der Waals surface area contributed by atoms with Crippen molar-refractivity contribution < 1.29 is 5.11 Å². The Morgan fingerprint density at radius 1 is 1.36 bits per heavy atom. The van der Waals surface area contributed by atoms with Crippen LogP contribution in [0.3, 0.4) is 0 Å². The van der Waals surface area contributed by atoms with Gasteiger partial charge in [0.2, 0.25) is 0 Å². The normalized spacial score (nSPS) is 48.0. The zero-order valence-electron chi connectivity index (χ0n) is 7.46. The molecule has 11 heavy (non-hydrogen) atoms. The number of aliphatic hydroxyl groups is 1. The minimum absolute atomic E-state index is 0.0590. The van der Waals surface area contributed by atoms with Gasteiger partial charge in [-0.3, -0.25) is 0 Å². The largest absolute Gasteiger partial charge is 0.393 e. The van der Waals surface area contributed by atoms with Crippen molar-refractivity contribution >= 4 is 0 Å².